The van der Waals surface area contributed by atoms with E-state index in [1.165, 1.54) is 16.8 Å². The van der Waals surface area contributed by atoms with Crippen LogP contribution in [0.3, 0.4) is 0 Å². The van der Waals surface area contributed by atoms with E-state index in [2.05, 4.69) is 20.1 Å². The molecule has 5 rings (SSSR count). The molecule has 11 nitrogen and oxygen atoms in total. The maximum absolute atomic E-state index is 13.1. The van der Waals surface area contributed by atoms with Gasteiger partial charge in [-0.25, -0.2) is 13.4 Å². The van der Waals surface area contributed by atoms with Gasteiger partial charge in [0.2, 0.25) is 27.6 Å². The Balaban J connectivity index is 1.18. The number of carbonyl (C=O) groups is 1. The Bertz CT molecular complexity index is 1340. The molecule has 0 radical (unpaired) electrons. The zero-order chi connectivity index (χ0) is 22.1. The maximum atomic E-state index is 13.1. The van der Waals surface area contributed by atoms with Crippen molar-refractivity contribution in [2.45, 2.75) is 17.7 Å². The van der Waals surface area contributed by atoms with Gasteiger partial charge in [0, 0.05) is 56.8 Å². The molecule has 0 bridgehead atoms. The molecule has 0 spiro atoms. The molecular weight excluding hydrogens is 436 g/mol. The summed E-state index contributed by atoms with van der Waals surface area (Å²) in [4.78, 5) is 25.7. The van der Waals surface area contributed by atoms with Crippen LogP contribution in [0.2, 0.25) is 0 Å². The number of hydrogen-bond donors (Lipinski definition) is 1. The zero-order valence-electron chi connectivity index (χ0n) is 17.0. The zero-order valence-corrected chi connectivity index (χ0v) is 17.8. The highest BCUT2D eigenvalue weighted by Crippen LogP contribution is 2.25. The first kappa shape index (κ1) is 20.4. The summed E-state index contributed by atoms with van der Waals surface area (Å²) in [6.07, 6.45) is 5.08. The van der Waals surface area contributed by atoms with E-state index in [0.29, 0.717) is 48.0 Å². The summed E-state index contributed by atoms with van der Waals surface area (Å²) in [6, 6.07) is 6.87. The topological polar surface area (TPSA) is 138 Å². The lowest BCUT2D eigenvalue weighted by atomic mass is 10.2. The Labute approximate surface area is 183 Å². The van der Waals surface area contributed by atoms with Crippen molar-refractivity contribution in [3.8, 4) is 11.6 Å². The molecule has 0 aliphatic carbocycles. The lowest BCUT2D eigenvalue weighted by Gasteiger charge is -2.33. The summed E-state index contributed by atoms with van der Waals surface area (Å²) in [7, 11) is -3.69. The van der Waals surface area contributed by atoms with Crippen LogP contribution in [0, 0.1) is 0 Å². The monoisotopic (exact) mass is 456 g/mol. The van der Waals surface area contributed by atoms with Crippen LogP contribution in [0.5, 0.6) is 0 Å². The fourth-order valence-corrected chi connectivity index (χ4v) is 5.27. The molecule has 0 atom stereocenters. The number of carbonyl (C=O) groups excluding carboxylic acids is 1. The van der Waals surface area contributed by atoms with E-state index in [4.69, 9.17) is 8.94 Å². The Morgan fingerprint density at radius 1 is 1.16 bits per heavy atom. The number of fused-ring (bicyclic) bond motifs is 1. The number of aryl methyl sites for hydroxylation is 1. The van der Waals surface area contributed by atoms with Crippen molar-refractivity contribution >= 4 is 27.0 Å². The number of H-pyrrole nitrogens is 1. The molecule has 12 heteroatoms. The number of hydrogen-bond acceptors (Lipinski definition) is 8. The molecule has 166 valence electrons. The highest BCUT2D eigenvalue weighted by molar-refractivity contribution is 7.89. The van der Waals surface area contributed by atoms with Crippen molar-refractivity contribution in [1.29, 1.82) is 0 Å². The number of nitrogens with zero attached hydrogens (tertiary/aromatic N) is 5. The summed E-state index contributed by atoms with van der Waals surface area (Å²) in [5, 5.41) is 4.40. The van der Waals surface area contributed by atoms with Crippen molar-refractivity contribution < 1.29 is 22.2 Å². The number of rotatable bonds is 6. The lowest BCUT2D eigenvalue weighted by Crippen LogP contribution is -2.50. The minimum atomic E-state index is -3.69. The predicted molar refractivity (Wildman–Crippen MR) is 112 cm³/mol. The van der Waals surface area contributed by atoms with E-state index in [9.17, 15) is 13.2 Å². The lowest BCUT2D eigenvalue weighted by molar-refractivity contribution is -0.132. The van der Waals surface area contributed by atoms with Gasteiger partial charge in [0.05, 0.1) is 6.26 Å². The quantitative estimate of drug-likeness (QED) is 0.462. The van der Waals surface area contributed by atoms with Gasteiger partial charge in [0.1, 0.15) is 10.5 Å². The van der Waals surface area contributed by atoms with Gasteiger partial charge >= 0.3 is 0 Å². The molecule has 0 aromatic carbocycles. The van der Waals surface area contributed by atoms with Crippen molar-refractivity contribution in [1.82, 2.24) is 29.3 Å². The van der Waals surface area contributed by atoms with E-state index in [1.807, 2.05) is 0 Å². The molecule has 5 heterocycles. The molecule has 0 saturated carbocycles. The number of pyridine rings is 1. The average Bonchev–Trinajstić information content (AvgIpc) is 3.58. The number of nitrogens with one attached hydrogen (secondary N) is 1. The summed E-state index contributed by atoms with van der Waals surface area (Å²) >= 11 is 0. The number of piperazine rings is 1. The number of aromatic nitrogens is 4. The molecule has 1 saturated heterocycles. The summed E-state index contributed by atoms with van der Waals surface area (Å²) in [5.74, 6) is 1.09. The third kappa shape index (κ3) is 3.78. The second-order valence-corrected chi connectivity index (χ2v) is 9.23. The molecule has 1 fully saturated rings. The summed E-state index contributed by atoms with van der Waals surface area (Å²) in [5.41, 5.74) is 0.524. The molecule has 1 aliphatic rings. The molecular formula is C20H20N6O5S. The van der Waals surface area contributed by atoms with Crippen LogP contribution in [0.1, 0.15) is 12.3 Å². The highest BCUT2D eigenvalue weighted by Gasteiger charge is 2.32. The van der Waals surface area contributed by atoms with Gasteiger partial charge in [-0.2, -0.15) is 9.29 Å². The third-order valence-electron chi connectivity index (χ3n) is 5.38. The van der Waals surface area contributed by atoms with Gasteiger partial charge in [0.15, 0.2) is 5.76 Å². The highest BCUT2D eigenvalue weighted by atomic mass is 32.2. The van der Waals surface area contributed by atoms with Crippen LogP contribution in [-0.4, -0.2) is 69.8 Å². The molecule has 1 aliphatic heterocycles. The first-order chi connectivity index (χ1) is 15.5. The molecule has 4 aromatic rings. The van der Waals surface area contributed by atoms with Gasteiger partial charge in [-0.1, -0.05) is 5.16 Å². The standard InChI is InChI=1S/C20H20N6O5S/c27-18(6-5-17-23-20(24-31-17)15-4-2-12-30-15)25-8-10-26(11-9-25)32(28,29)16-13-22-19-14(16)3-1-7-21-19/h1-4,7,12-13H,5-6,8-11H2,(H,21,22). The Kier molecular flexibility index (Phi) is 5.23. The second kappa shape index (κ2) is 8.20. The van der Waals surface area contributed by atoms with Gasteiger partial charge < -0.3 is 18.8 Å². The van der Waals surface area contributed by atoms with Gasteiger partial charge in [-0.05, 0) is 24.3 Å². The van der Waals surface area contributed by atoms with Gasteiger partial charge in [-0.3, -0.25) is 4.79 Å². The number of aromatic amines is 1. The van der Waals surface area contributed by atoms with Crippen LogP contribution in [0.15, 0.2) is 56.8 Å². The minimum absolute atomic E-state index is 0.0870. The van der Waals surface area contributed by atoms with Crippen molar-refractivity contribution in [2.75, 3.05) is 26.2 Å². The summed E-state index contributed by atoms with van der Waals surface area (Å²) < 4.78 is 38.0. The van der Waals surface area contributed by atoms with Gasteiger partial charge in [0.25, 0.3) is 0 Å². The van der Waals surface area contributed by atoms with Crippen LogP contribution in [0.4, 0.5) is 0 Å². The second-order valence-electron chi connectivity index (χ2n) is 7.33. The Hall–Kier alpha value is -3.51. The smallest absolute Gasteiger partial charge is 0.245 e. The predicted octanol–water partition coefficient (Wildman–Crippen LogP) is 1.67. The van der Waals surface area contributed by atoms with Crippen LogP contribution >= 0.6 is 0 Å². The third-order valence-corrected chi connectivity index (χ3v) is 7.32. The summed E-state index contributed by atoms with van der Waals surface area (Å²) in [6.45, 7) is 1.09. The van der Waals surface area contributed by atoms with E-state index < -0.39 is 10.0 Å². The molecule has 1 N–H and O–H groups in total. The van der Waals surface area contributed by atoms with E-state index in [0.717, 1.165) is 0 Å². The van der Waals surface area contributed by atoms with E-state index in [1.54, 1.807) is 35.4 Å². The normalized spacial score (nSPS) is 15.4. The largest absolute Gasteiger partial charge is 0.461 e. The molecule has 4 aromatic heterocycles. The van der Waals surface area contributed by atoms with Gasteiger partial charge in [-0.15, -0.1) is 0 Å². The molecule has 0 unspecified atom stereocenters. The van der Waals surface area contributed by atoms with Crippen molar-refractivity contribution in [3.63, 3.8) is 0 Å². The average molecular weight is 456 g/mol. The maximum Gasteiger partial charge on any atom is 0.245 e. The van der Waals surface area contributed by atoms with E-state index >= 15 is 0 Å². The van der Waals surface area contributed by atoms with Crippen LogP contribution < -0.4 is 0 Å². The van der Waals surface area contributed by atoms with E-state index in [-0.39, 0.29) is 30.3 Å². The van der Waals surface area contributed by atoms with Crippen LogP contribution in [-0.2, 0) is 21.2 Å². The minimum Gasteiger partial charge on any atom is -0.461 e. The fraction of sp³-hybridized carbons (Fsp3) is 0.300. The SMILES string of the molecule is O=C(CCc1nc(-c2ccco2)no1)N1CCN(S(=O)(=O)c2c[nH]c3ncccc23)CC1. The Morgan fingerprint density at radius 3 is 2.78 bits per heavy atom. The Morgan fingerprint density at radius 2 is 2.00 bits per heavy atom. The number of sulfonamides is 1. The fourth-order valence-electron chi connectivity index (χ4n) is 3.70. The molecule has 32 heavy (non-hydrogen) atoms. The molecule has 1 amide bonds. The first-order valence-electron chi connectivity index (χ1n) is 10.1. The van der Waals surface area contributed by atoms with Crippen molar-refractivity contribution in [3.05, 3.63) is 48.8 Å². The number of furan rings is 1. The van der Waals surface area contributed by atoms with Crippen LogP contribution in [0.25, 0.3) is 22.6 Å². The number of amides is 1. The first-order valence-corrected chi connectivity index (χ1v) is 11.5. The van der Waals surface area contributed by atoms with Crippen molar-refractivity contribution in [2.24, 2.45) is 0 Å².